The summed E-state index contributed by atoms with van der Waals surface area (Å²) in [5.41, 5.74) is 7.48. The van der Waals surface area contributed by atoms with Crippen LogP contribution in [0.2, 0.25) is 5.02 Å². The number of aryl methyl sites for hydroxylation is 1. The van der Waals surface area contributed by atoms with Crippen LogP contribution in [0.1, 0.15) is 12.0 Å². The van der Waals surface area contributed by atoms with E-state index in [1.54, 1.807) is 23.9 Å². The molecule has 1 amide bonds. The molecule has 94 valence electrons. The Balaban J connectivity index is 2.61. The van der Waals surface area contributed by atoms with E-state index in [0.717, 1.165) is 17.0 Å². The summed E-state index contributed by atoms with van der Waals surface area (Å²) in [5.74, 6) is 0.734. The van der Waals surface area contributed by atoms with Crippen molar-refractivity contribution < 1.29 is 4.79 Å². The molecule has 1 atom stereocenters. The monoisotopic (exact) mass is 272 g/mol. The standard InChI is InChI=1S/C12H17ClN2OS/c1-8-7-9(13)3-4-11(8)15-12(16)10(14)5-6-17-2/h3-4,7,10H,5-6,14H2,1-2H3,(H,15,16)/t10-/m0/s1. The molecule has 0 heterocycles. The van der Waals surface area contributed by atoms with E-state index in [1.807, 2.05) is 19.2 Å². The summed E-state index contributed by atoms with van der Waals surface area (Å²) in [7, 11) is 0. The van der Waals surface area contributed by atoms with Gasteiger partial charge >= 0.3 is 0 Å². The Labute approximate surface area is 111 Å². The van der Waals surface area contributed by atoms with Crippen LogP contribution in [0.15, 0.2) is 18.2 Å². The van der Waals surface area contributed by atoms with Gasteiger partial charge in [-0.3, -0.25) is 4.79 Å². The number of carbonyl (C=O) groups excluding carboxylic acids is 1. The highest BCUT2D eigenvalue weighted by atomic mass is 35.5. The minimum absolute atomic E-state index is 0.149. The van der Waals surface area contributed by atoms with Crippen LogP contribution in [0.3, 0.4) is 0 Å². The molecule has 17 heavy (non-hydrogen) atoms. The smallest absolute Gasteiger partial charge is 0.241 e. The zero-order valence-electron chi connectivity index (χ0n) is 10.00. The molecule has 5 heteroatoms. The van der Waals surface area contributed by atoms with Crippen molar-refractivity contribution in [1.82, 2.24) is 0 Å². The largest absolute Gasteiger partial charge is 0.324 e. The summed E-state index contributed by atoms with van der Waals surface area (Å²) in [6.07, 6.45) is 2.67. The molecule has 0 unspecified atom stereocenters. The van der Waals surface area contributed by atoms with Gasteiger partial charge in [0.1, 0.15) is 0 Å². The second-order valence-electron chi connectivity index (χ2n) is 3.84. The van der Waals surface area contributed by atoms with Crippen LogP contribution in [-0.4, -0.2) is 24.0 Å². The number of carbonyl (C=O) groups is 1. The molecule has 0 radical (unpaired) electrons. The number of thioether (sulfide) groups is 1. The number of nitrogens with two attached hydrogens (primary N) is 1. The van der Waals surface area contributed by atoms with E-state index < -0.39 is 6.04 Å². The Bertz CT molecular complexity index is 398. The van der Waals surface area contributed by atoms with Crippen LogP contribution >= 0.6 is 23.4 Å². The Kier molecular flexibility index (Phi) is 5.82. The van der Waals surface area contributed by atoms with E-state index in [9.17, 15) is 4.79 Å². The molecular formula is C12H17ClN2OS. The zero-order chi connectivity index (χ0) is 12.8. The van der Waals surface area contributed by atoms with E-state index in [-0.39, 0.29) is 5.91 Å². The summed E-state index contributed by atoms with van der Waals surface area (Å²) < 4.78 is 0. The fourth-order valence-electron chi connectivity index (χ4n) is 1.37. The molecule has 0 aliphatic rings. The van der Waals surface area contributed by atoms with Gasteiger partial charge < -0.3 is 11.1 Å². The molecule has 0 fully saturated rings. The van der Waals surface area contributed by atoms with Crippen molar-refractivity contribution >= 4 is 35.0 Å². The van der Waals surface area contributed by atoms with Crippen molar-refractivity contribution in [3.63, 3.8) is 0 Å². The molecular weight excluding hydrogens is 256 g/mol. The van der Waals surface area contributed by atoms with Gasteiger partial charge in [-0.25, -0.2) is 0 Å². The lowest BCUT2D eigenvalue weighted by Crippen LogP contribution is -2.36. The average Bonchev–Trinajstić information content (AvgIpc) is 2.29. The van der Waals surface area contributed by atoms with Crippen molar-refractivity contribution in [2.75, 3.05) is 17.3 Å². The number of amides is 1. The van der Waals surface area contributed by atoms with Gasteiger partial charge in [0.25, 0.3) is 0 Å². The number of rotatable bonds is 5. The van der Waals surface area contributed by atoms with E-state index >= 15 is 0 Å². The van der Waals surface area contributed by atoms with Gasteiger partial charge in [0, 0.05) is 10.7 Å². The number of anilines is 1. The first-order valence-electron chi connectivity index (χ1n) is 5.36. The highest BCUT2D eigenvalue weighted by Gasteiger charge is 2.13. The molecule has 1 aromatic carbocycles. The maximum Gasteiger partial charge on any atom is 0.241 e. The van der Waals surface area contributed by atoms with E-state index in [0.29, 0.717) is 11.4 Å². The third-order valence-electron chi connectivity index (χ3n) is 2.42. The average molecular weight is 273 g/mol. The van der Waals surface area contributed by atoms with E-state index in [4.69, 9.17) is 17.3 Å². The van der Waals surface area contributed by atoms with Crippen molar-refractivity contribution in [2.24, 2.45) is 5.73 Å². The van der Waals surface area contributed by atoms with Crippen molar-refractivity contribution in [3.8, 4) is 0 Å². The quantitative estimate of drug-likeness (QED) is 0.866. The van der Waals surface area contributed by atoms with Gasteiger partial charge in [0.05, 0.1) is 6.04 Å². The second-order valence-corrected chi connectivity index (χ2v) is 5.26. The SMILES string of the molecule is CSCC[C@H](N)C(=O)Nc1ccc(Cl)cc1C. The first kappa shape index (κ1) is 14.4. The van der Waals surface area contributed by atoms with Crippen molar-refractivity contribution in [2.45, 2.75) is 19.4 Å². The lowest BCUT2D eigenvalue weighted by Gasteiger charge is -2.13. The summed E-state index contributed by atoms with van der Waals surface area (Å²) in [4.78, 5) is 11.8. The van der Waals surface area contributed by atoms with Crippen LogP contribution in [0.5, 0.6) is 0 Å². The molecule has 0 aliphatic heterocycles. The maximum absolute atomic E-state index is 11.8. The van der Waals surface area contributed by atoms with Gasteiger partial charge in [-0.05, 0) is 49.1 Å². The maximum atomic E-state index is 11.8. The lowest BCUT2D eigenvalue weighted by atomic mass is 10.1. The van der Waals surface area contributed by atoms with Gasteiger partial charge in [-0.1, -0.05) is 11.6 Å². The molecule has 0 spiro atoms. The molecule has 0 aromatic heterocycles. The van der Waals surface area contributed by atoms with Crippen LogP contribution in [0, 0.1) is 6.92 Å². The van der Waals surface area contributed by atoms with Crippen LogP contribution < -0.4 is 11.1 Å². The number of halogens is 1. The predicted octanol–water partition coefficient (Wildman–Crippen LogP) is 2.67. The molecule has 1 rings (SSSR count). The second kappa shape index (κ2) is 6.89. The Morgan fingerprint density at radius 2 is 2.29 bits per heavy atom. The van der Waals surface area contributed by atoms with Gasteiger partial charge in [-0.15, -0.1) is 0 Å². The Morgan fingerprint density at radius 3 is 2.88 bits per heavy atom. The third-order valence-corrected chi connectivity index (χ3v) is 3.30. The van der Waals surface area contributed by atoms with Crippen LogP contribution in [0.4, 0.5) is 5.69 Å². The van der Waals surface area contributed by atoms with Gasteiger partial charge in [-0.2, -0.15) is 11.8 Å². The summed E-state index contributed by atoms with van der Waals surface area (Å²) in [5, 5.41) is 3.47. The molecule has 3 N–H and O–H groups in total. The van der Waals surface area contributed by atoms with Gasteiger partial charge in [0.2, 0.25) is 5.91 Å². The fraction of sp³-hybridized carbons (Fsp3) is 0.417. The first-order chi connectivity index (χ1) is 8.04. The number of hydrogen-bond donors (Lipinski definition) is 2. The molecule has 1 aromatic rings. The highest BCUT2D eigenvalue weighted by molar-refractivity contribution is 7.98. The van der Waals surface area contributed by atoms with Crippen molar-refractivity contribution in [3.05, 3.63) is 28.8 Å². The molecule has 0 bridgehead atoms. The Morgan fingerprint density at radius 1 is 1.59 bits per heavy atom. The zero-order valence-corrected chi connectivity index (χ0v) is 11.6. The third kappa shape index (κ3) is 4.58. The van der Waals surface area contributed by atoms with E-state index in [1.165, 1.54) is 0 Å². The topological polar surface area (TPSA) is 55.1 Å². The first-order valence-corrected chi connectivity index (χ1v) is 7.13. The summed E-state index contributed by atoms with van der Waals surface area (Å²) >= 11 is 7.53. The lowest BCUT2D eigenvalue weighted by molar-refractivity contribution is -0.117. The van der Waals surface area contributed by atoms with Crippen LogP contribution in [0.25, 0.3) is 0 Å². The highest BCUT2D eigenvalue weighted by Crippen LogP contribution is 2.19. The van der Waals surface area contributed by atoms with Gasteiger partial charge in [0.15, 0.2) is 0 Å². The summed E-state index contributed by atoms with van der Waals surface area (Å²) in [6, 6.07) is 4.89. The minimum atomic E-state index is -0.461. The molecule has 0 saturated carbocycles. The molecule has 3 nitrogen and oxygen atoms in total. The predicted molar refractivity (Wildman–Crippen MR) is 75.8 cm³/mol. The number of benzene rings is 1. The number of nitrogens with one attached hydrogen (secondary N) is 1. The number of hydrogen-bond acceptors (Lipinski definition) is 3. The molecule has 0 saturated heterocycles. The molecule has 0 aliphatic carbocycles. The van der Waals surface area contributed by atoms with E-state index in [2.05, 4.69) is 5.32 Å². The van der Waals surface area contributed by atoms with Crippen molar-refractivity contribution in [1.29, 1.82) is 0 Å². The normalized spacial score (nSPS) is 12.2. The van der Waals surface area contributed by atoms with Crippen LogP contribution in [-0.2, 0) is 4.79 Å². The summed E-state index contributed by atoms with van der Waals surface area (Å²) in [6.45, 7) is 1.90. The fourth-order valence-corrected chi connectivity index (χ4v) is 2.08. The Hall–Kier alpha value is -0.710. The minimum Gasteiger partial charge on any atom is -0.324 e.